The van der Waals surface area contributed by atoms with Crippen molar-refractivity contribution in [1.29, 1.82) is 0 Å². The minimum atomic E-state index is -1.95. The number of aliphatic hydroxyl groups is 2. The van der Waals surface area contributed by atoms with Crippen LogP contribution in [0.4, 0.5) is 0 Å². The lowest BCUT2D eigenvalue weighted by molar-refractivity contribution is -0.0193. The maximum Gasteiger partial charge on any atom is 0.219 e. The van der Waals surface area contributed by atoms with Crippen LogP contribution in [0.2, 0.25) is 0 Å². The number of benzene rings is 4. The van der Waals surface area contributed by atoms with Crippen molar-refractivity contribution >= 4 is 33.1 Å². The number of ketones is 2. The average Bonchev–Trinajstić information content (AvgIpc) is 2.72. The number of aliphatic hydroxyl groups excluding tert-OH is 1. The van der Waals surface area contributed by atoms with Gasteiger partial charge >= 0.3 is 0 Å². The van der Waals surface area contributed by atoms with Gasteiger partial charge in [-0.25, -0.2) is 0 Å². The van der Waals surface area contributed by atoms with E-state index in [2.05, 4.69) is 0 Å². The molecule has 4 rings (SSSR count). The minimum absolute atomic E-state index is 0.122. The van der Waals surface area contributed by atoms with Gasteiger partial charge in [-0.15, -0.1) is 0 Å². The second-order valence-electron chi connectivity index (χ2n) is 6.35. The summed E-state index contributed by atoms with van der Waals surface area (Å²) in [6.07, 6.45) is -1.95. The molecule has 0 fully saturated rings. The van der Waals surface area contributed by atoms with E-state index in [1.165, 1.54) is 0 Å². The van der Waals surface area contributed by atoms with Gasteiger partial charge < -0.3 is 10.2 Å². The van der Waals surface area contributed by atoms with Gasteiger partial charge in [0.05, 0.1) is 0 Å². The molecule has 4 aromatic carbocycles. The fourth-order valence-electron chi connectivity index (χ4n) is 3.11. The zero-order valence-electron chi connectivity index (χ0n) is 15.4. The van der Waals surface area contributed by atoms with Gasteiger partial charge in [-0.1, -0.05) is 84.9 Å². The average molecular weight is 372 g/mol. The van der Waals surface area contributed by atoms with Gasteiger partial charge in [0.25, 0.3) is 0 Å². The van der Waals surface area contributed by atoms with E-state index < -0.39 is 12.1 Å². The van der Waals surface area contributed by atoms with Crippen LogP contribution in [0.5, 0.6) is 0 Å². The summed E-state index contributed by atoms with van der Waals surface area (Å²) in [7, 11) is 0. The van der Waals surface area contributed by atoms with E-state index in [-0.39, 0.29) is 5.78 Å². The molecule has 0 aromatic heterocycles. The Morgan fingerprint density at radius 1 is 0.643 bits per heavy atom. The van der Waals surface area contributed by atoms with Crippen molar-refractivity contribution in [3.8, 4) is 0 Å². The van der Waals surface area contributed by atoms with Crippen LogP contribution in [-0.4, -0.2) is 28.1 Å². The van der Waals surface area contributed by atoms with Crippen molar-refractivity contribution in [1.82, 2.24) is 0 Å². The molecule has 0 unspecified atom stereocenters. The zero-order valence-corrected chi connectivity index (χ0v) is 15.4. The van der Waals surface area contributed by atoms with Gasteiger partial charge in [-0.05, 0) is 28.5 Å². The lowest BCUT2D eigenvalue weighted by Gasteiger charge is -2.06. The third kappa shape index (κ3) is 4.14. The first-order valence-corrected chi connectivity index (χ1v) is 8.86. The van der Waals surface area contributed by atoms with Crippen LogP contribution in [-0.2, 0) is 0 Å². The lowest BCUT2D eigenvalue weighted by atomic mass is 10.0. The van der Waals surface area contributed by atoms with Gasteiger partial charge in [0.2, 0.25) is 12.1 Å². The van der Waals surface area contributed by atoms with E-state index in [0.29, 0.717) is 5.56 Å². The van der Waals surface area contributed by atoms with Crippen LogP contribution in [0.1, 0.15) is 27.6 Å². The first kappa shape index (κ1) is 19.4. The van der Waals surface area contributed by atoms with Gasteiger partial charge in [-0.2, -0.15) is 0 Å². The summed E-state index contributed by atoms with van der Waals surface area (Å²) in [6, 6.07) is 26.2. The Bertz CT molecular complexity index is 1130. The monoisotopic (exact) mass is 372 g/mol. The maximum atomic E-state index is 11.5. The molecule has 4 aromatic rings. The fraction of sp³-hybridized carbons (Fsp3) is 0.0833. The summed E-state index contributed by atoms with van der Waals surface area (Å²) < 4.78 is 0. The summed E-state index contributed by atoms with van der Waals surface area (Å²) in [5.74, 6) is -0.552. The van der Waals surface area contributed by atoms with Gasteiger partial charge in [-0.3, -0.25) is 9.59 Å². The van der Waals surface area contributed by atoms with Crippen LogP contribution < -0.4 is 0 Å². The molecule has 0 saturated carbocycles. The topological polar surface area (TPSA) is 74.6 Å². The molecule has 140 valence electrons. The predicted octanol–water partition coefficient (Wildman–Crippen LogP) is 4.38. The van der Waals surface area contributed by atoms with Crippen LogP contribution in [0.15, 0.2) is 84.9 Å². The van der Waals surface area contributed by atoms with E-state index in [0.717, 1.165) is 27.1 Å². The van der Waals surface area contributed by atoms with E-state index in [4.69, 9.17) is 10.2 Å². The summed E-state index contributed by atoms with van der Waals surface area (Å²) in [4.78, 5) is 22.7. The molecule has 0 aliphatic heterocycles. The fourth-order valence-corrected chi connectivity index (χ4v) is 3.11. The highest BCUT2D eigenvalue weighted by Gasteiger charge is 2.15. The number of Topliss-reactive ketones (excluding diaryl/α,β-unsaturated/α-hetero) is 2. The number of fused-ring (bicyclic) bond motifs is 2. The molecule has 2 N–H and O–H groups in total. The molecule has 0 bridgehead atoms. The van der Waals surface area contributed by atoms with Crippen LogP contribution in [0.3, 0.4) is 0 Å². The van der Waals surface area contributed by atoms with Crippen molar-refractivity contribution in [2.24, 2.45) is 0 Å². The molecule has 4 nitrogen and oxygen atoms in total. The predicted molar refractivity (Wildman–Crippen MR) is 110 cm³/mol. The smallest absolute Gasteiger partial charge is 0.219 e. The van der Waals surface area contributed by atoms with Crippen molar-refractivity contribution in [2.45, 2.75) is 13.2 Å². The second kappa shape index (κ2) is 8.57. The van der Waals surface area contributed by atoms with E-state index in [1.807, 2.05) is 66.7 Å². The number of hydrogen-bond acceptors (Lipinski definition) is 4. The first-order chi connectivity index (χ1) is 13.5. The molecule has 0 aliphatic carbocycles. The van der Waals surface area contributed by atoms with Gasteiger partial charge in [0.15, 0.2) is 5.78 Å². The Morgan fingerprint density at radius 2 is 1.07 bits per heavy atom. The third-order valence-corrected chi connectivity index (χ3v) is 4.46. The summed E-state index contributed by atoms with van der Waals surface area (Å²) in [5.41, 5.74) is 1.14. The van der Waals surface area contributed by atoms with Crippen molar-refractivity contribution in [2.75, 3.05) is 0 Å². The Hall–Kier alpha value is -3.34. The highest BCUT2D eigenvalue weighted by molar-refractivity contribution is 6.09. The van der Waals surface area contributed by atoms with Crippen LogP contribution >= 0.6 is 0 Å². The summed E-state index contributed by atoms with van der Waals surface area (Å²) in [6.45, 7) is 1.60. The summed E-state index contributed by atoms with van der Waals surface area (Å²) in [5, 5.41) is 21.5. The molecule has 4 heteroatoms. The molecule has 28 heavy (non-hydrogen) atoms. The highest BCUT2D eigenvalue weighted by Crippen LogP contribution is 2.20. The van der Waals surface area contributed by atoms with Crippen molar-refractivity contribution in [3.63, 3.8) is 0 Å². The first-order valence-electron chi connectivity index (χ1n) is 8.86. The maximum absolute atomic E-state index is 11.5. The molecule has 0 saturated heterocycles. The van der Waals surface area contributed by atoms with Crippen molar-refractivity contribution < 1.29 is 19.8 Å². The van der Waals surface area contributed by atoms with Crippen LogP contribution in [0, 0.1) is 0 Å². The normalized spacial score (nSPS) is 10.6. The Kier molecular flexibility index (Phi) is 5.94. The molecular formula is C24H20O4. The summed E-state index contributed by atoms with van der Waals surface area (Å²) >= 11 is 0. The minimum Gasteiger partial charge on any atom is -0.362 e. The van der Waals surface area contributed by atoms with Crippen molar-refractivity contribution in [3.05, 3.63) is 96.1 Å². The quantitative estimate of drug-likeness (QED) is 0.413. The number of rotatable bonds is 3. The molecule has 0 radical (unpaired) electrons. The standard InChI is InChI=1S/C12H10O3.C12H10O/c13-11(12(14)15)10-7-3-5-8-4-1-2-6-9(8)10;1-9(13)11-8-4-6-10-5-2-3-7-12(10)11/h1-7,12,14-15H;2-8H,1H3. The van der Waals surface area contributed by atoms with Crippen LogP contribution in [0.25, 0.3) is 21.5 Å². The van der Waals surface area contributed by atoms with E-state index in [1.54, 1.807) is 25.1 Å². The number of carbonyl (C=O) groups excluding carboxylic acids is 2. The molecular weight excluding hydrogens is 352 g/mol. The Balaban J connectivity index is 0.000000162. The molecule has 0 spiro atoms. The lowest BCUT2D eigenvalue weighted by Crippen LogP contribution is -2.19. The molecule has 0 heterocycles. The number of hydrogen-bond donors (Lipinski definition) is 2. The molecule has 0 atom stereocenters. The second-order valence-corrected chi connectivity index (χ2v) is 6.35. The molecule has 0 aliphatic rings. The zero-order chi connectivity index (χ0) is 20.1. The largest absolute Gasteiger partial charge is 0.362 e. The Morgan fingerprint density at radius 3 is 1.57 bits per heavy atom. The Labute approximate surface area is 162 Å². The highest BCUT2D eigenvalue weighted by atomic mass is 16.5. The van der Waals surface area contributed by atoms with Gasteiger partial charge in [0.1, 0.15) is 0 Å². The van der Waals surface area contributed by atoms with E-state index in [9.17, 15) is 9.59 Å². The van der Waals surface area contributed by atoms with Gasteiger partial charge in [0, 0.05) is 11.1 Å². The third-order valence-electron chi connectivity index (χ3n) is 4.46. The number of carbonyl (C=O) groups is 2. The molecule has 0 amide bonds. The SMILES string of the molecule is CC(=O)c1cccc2ccccc12.O=C(c1cccc2ccccc12)C(O)O. The van der Waals surface area contributed by atoms with E-state index >= 15 is 0 Å².